The van der Waals surface area contributed by atoms with E-state index in [0.29, 0.717) is 61.1 Å². The Balaban J connectivity index is 1.29. The fourth-order valence-corrected chi connectivity index (χ4v) is 4.57. The van der Waals surface area contributed by atoms with E-state index in [4.69, 9.17) is 5.26 Å². The number of anilines is 1. The minimum atomic E-state index is -0.532. The first-order valence-corrected chi connectivity index (χ1v) is 11.5. The number of carbonyl (C=O) groups excluding carboxylic acids is 1. The molecule has 2 aliphatic rings. The van der Waals surface area contributed by atoms with E-state index in [1.54, 1.807) is 31.0 Å². The monoisotopic (exact) mass is 491 g/mol. The van der Waals surface area contributed by atoms with E-state index in [1.807, 2.05) is 11.0 Å². The topological polar surface area (TPSA) is 117 Å². The van der Waals surface area contributed by atoms with Gasteiger partial charge >= 0.3 is 6.03 Å². The molecule has 0 saturated carbocycles. The number of benzene rings is 1. The third-order valence-corrected chi connectivity index (χ3v) is 6.39. The highest BCUT2D eigenvalue weighted by Crippen LogP contribution is 2.31. The predicted octanol–water partition coefficient (Wildman–Crippen LogP) is 3.31. The number of halogens is 2. The van der Waals surface area contributed by atoms with Crippen LogP contribution in [0.2, 0.25) is 0 Å². The number of hydrazone groups is 1. The molecular weight excluding hydrogens is 468 g/mol. The largest absolute Gasteiger partial charge is 0.341 e. The lowest BCUT2D eigenvalue weighted by molar-refractivity contribution is 0.139. The van der Waals surface area contributed by atoms with E-state index in [9.17, 15) is 13.6 Å². The maximum absolute atomic E-state index is 14.6. The molecule has 3 aromatic rings. The van der Waals surface area contributed by atoms with E-state index in [2.05, 4.69) is 25.3 Å². The third-order valence-electron chi connectivity index (χ3n) is 6.39. The molecule has 1 fully saturated rings. The molecule has 0 bridgehead atoms. The molecule has 2 amide bonds. The number of aromatic amines is 1. The SMILES string of the molecule is Cc1n[nH]c(C)c1-c1nc(N2CCN(C(=O)N3N=CC[C@H]3c3cc(F)cc(C#N)c3)CC2)ncc1F. The van der Waals surface area contributed by atoms with E-state index in [-0.39, 0.29) is 17.3 Å². The summed E-state index contributed by atoms with van der Waals surface area (Å²) in [6.45, 7) is 5.24. The molecule has 2 aliphatic heterocycles. The molecule has 5 rings (SSSR count). The summed E-state index contributed by atoms with van der Waals surface area (Å²) in [5.74, 6) is -0.689. The molecule has 36 heavy (non-hydrogen) atoms. The Hall–Kier alpha value is -4.40. The summed E-state index contributed by atoms with van der Waals surface area (Å²) in [6.07, 6.45) is 3.20. The molecule has 0 aliphatic carbocycles. The smallest absolute Gasteiger partial charge is 0.337 e. The number of carbonyl (C=O) groups is 1. The first kappa shape index (κ1) is 23.3. The molecular formula is C24H23F2N9O. The standard InChI is InChI=1S/C24H23F2N9O/c1-14-21(15(2)32-31-14)22-19(26)13-28-23(30-22)33-5-7-34(8-6-33)24(36)35-20(3-4-29-35)17-9-16(12-27)10-18(25)11-17/h4,9-11,13,20H,3,5-8H2,1-2H3,(H,31,32)/t20-/m0/s1. The zero-order valence-corrected chi connectivity index (χ0v) is 19.7. The van der Waals surface area contributed by atoms with Gasteiger partial charge in [0.1, 0.15) is 11.5 Å². The van der Waals surface area contributed by atoms with Crippen LogP contribution in [-0.2, 0) is 0 Å². The fourth-order valence-electron chi connectivity index (χ4n) is 4.57. The van der Waals surface area contributed by atoms with Crippen molar-refractivity contribution in [3.63, 3.8) is 0 Å². The van der Waals surface area contributed by atoms with Crippen molar-refractivity contribution in [2.45, 2.75) is 26.3 Å². The van der Waals surface area contributed by atoms with Crippen LogP contribution in [0.25, 0.3) is 11.3 Å². The first-order chi connectivity index (χ1) is 17.4. The Kier molecular flexibility index (Phi) is 6.05. The van der Waals surface area contributed by atoms with E-state index in [0.717, 1.165) is 12.3 Å². The lowest BCUT2D eigenvalue weighted by atomic mass is 10.0. The zero-order valence-electron chi connectivity index (χ0n) is 19.7. The van der Waals surface area contributed by atoms with Gasteiger partial charge in [-0.25, -0.2) is 28.6 Å². The second-order valence-electron chi connectivity index (χ2n) is 8.71. The lowest BCUT2D eigenvalue weighted by Gasteiger charge is -2.37. The normalized spacial score (nSPS) is 17.5. The highest BCUT2D eigenvalue weighted by atomic mass is 19.1. The van der Waals surface area contributed by atoms with Gasteiger partial charge in [-0.2, -0.15) is 15.5 Å². The lowest BCUT2D eigenvalue weighted by Crippen LogP contribution is -2.52. The summed E-state index contributed by atoms with van der Waals surface area (Å²) >= 11 is 0. The highest BCUT2D eigenvalue weighted by molar-refractivity contribution is 5.79. The number of urea groups is 1. The molecule has 1 atom stereocenters. The van der Waals surface area contributed by atoms with E-state index >= 15 is 0 Å². The summed E-state index contributed by atoms with van der Waals surface area (Å²) in [4.78, 5) is 25.5. The van der Waals surface area contributed by atoms with Crippen LogP contribution in [0.5, 0.6) is 0 Å². The van der Waals surface area contributed by atoms with Crippen LogP contribution < -0.4 is 4.90 Å². The quantitative estimate of drug-likeness (QED) is 0.601. The summed E-state index contributed by atoms with van der Waals surface area (Å²) in [7, 11) is 0. The van der Waals surface area contributed by atoms with Crippen molar-refractivity contribution in [2.24, 2.45) is 5.10 Å². The maximum atomic E-state index is 14.6. The van der Waals surface area contributed by atoms with Crippen molar-refractivity contribution < 1.29 is 13.6 Å². The van der Waals surface area contributed by atoms with Gasteiger partial charge < -0.3 is 9.80 Å². The number of nitrogens with one attached hydrogen (secondary N) is 1. The number of hydrogen-bond donors (Lipinski definition) is 1. The van der Waals surface area contributed by atoms with E-state index in [1.165, 1.54) is 11.1 Å². The second kappa shape index (κ2) is 9.33. The number of H-pyrrole nitrogens is 1. The van der Waals surface area contributed by atoms with Crippen LogP contribution in [0.4, 0.5) is 19.5 Å². The number of nitrogens with zero attached hydrogens (tertiary/aromatic N) is 8. The number of piperazine rings is 1. The van der Waals surface area contributed by atoms with Gasteiger partial charge in [0.25, 0.3) is 0 Å². The first-order valence-electron chi connectivity index (χ1n) is 11.5. The molecule has 1 saturated heterocycles. The molecule has 12 heteroatoms. The second-order valence-corrected chi connectivity index (χ2v) is 8.71. The average molecular weight is 492 g/mol. The average Bonchev–Trinajstić information content (AvgIpc) is 3.50. The minimum Gasteiger partial charge on any atom is -0.337 e. The molecule has 184 valence electrons. The number of rotatable bonds is 3. The fraction of sp³-hybridized carbons (Fsp3) is 0.333. The van der Waals surface area contributed by atoms with Crippen LogP contribution in [0, 0.1) is 36.8 Å². The molecule has 1 N–H and O–H groups in total. The van der Waals surface area contributed by atoms with Gasteiger partial charge in [-0.3, -0.25) is 5.10 Å². The van der Waals surface area contributed by atoms with Crippen LogP contribution >= 0.6 is 0 Å². The van der Waals surface area contributed by atoms with Crippen molar-refractivity contribution in [3.8, 4) is 17.3 Å². The Labute approximate surface area is 205 Å². The molecule has 1 aromatic carbocycles. The van der Waals surface area contributed by atoms with Crippen LogP contribution in [0.1, 0.15) is 35.0 Å². The number of aromatic nitrogens is 4. The van der Waals surface area contributed by atoms with E-state index < -0.39 is 17.7 Å². The summed E-state index contributed by atoms with van der Waals surface area (Å²) in [5, 5.41) is 21.7. The van der Waals surface area contributed by atoms with Gasteiger partial charge in [-0.15, -0.1) is 0 Å². The molecule has 0 radical (unpaired) electrons. The Morgan fingerprint density at radius 2 is 1.94 bits per heavy atom. The summed E-state index contributed by atoms with van der Waals surface area (Å²) < 4.78 is 28.5. The Morgan fingerprint density at radius 3 is 2.64 bits per heavy atom. The Bertz CT molecular complexity index is 1370. The number of nitriles is 1. The van der Waals surface area contributed by atoms with Crippen molar-refractivity contribution in [2.75, 3.05) is 31.1 Å². The summed E-state index contributed by atoms with van der Waals surface area (Å²) in [5.41, 5.74) is 2.87. The minimum absolute atomic E-state index is 0.184. The molecule has 0 unspecified atom stereocenters. The van der Waals surface area contributed by atoms with Crippen molar-refractivity contribution in [1.82, 2.24) is 30.1 Å². The van der Waals surface area contributed by atoms with Gasteiger partial charge in [0.2, 0.25) is 5.95 Å². The van der Waals surface area contributed by atoms with Gasteiger partial charge in [-0.1, -0.05) is 0 Å². The predicted molar refractivity (Wildman–Crippen MR) is 127 cm³/mol. The van der Waals surface area contributed by atoms with Gasteiger partial charge in [0.05, 0.1) is 29.6 Å². The van der Waals surface area contributed by atoms with Crippen molar-refractivity contribution in [3.05, 3.63) is 58.5 Å². The van der Waals surface area contributed by atoms with Crippen LogP contribution in [0.3, 0.4) is 0 Å². The molecule has 10 nitrogen and oxygen atoms in total. The number of aryl methyl sites for hydroxylation is 2. The van der Waals surface area contributed by atoms with Crippen LogP contribution in [-0.4, -0.2) is 68.5 Å². The molecule has 0 spiro atoms. The van der Waals surface area contributed by atoms with Crippen molar-refractivity contribution in [1.29, 1.82) is 5.26 Å². The van der Waals surface area contributed by atoms with Crippen LogP contribution in [0.15, 0.2) is 29.5 Å². The van der Waals surface area contributed by atoms with Gasteiger partial charge in [0.15, 0.2) is 5.82 Å². The number of amides is 2. The highest BCUT2D eigenvalue weighted by Gasteiger charge is 2.34. The maximum Gasteiger partial charge on any atom is 0.341 e. The molecule has 4 heterocycles. The Morgan fingerprint density at radius 1 is 1.17 bits per heavy atom. The number of hydrogen-bond acceptors (Lipinski definition) is 7. The van der Waals surface area contributed by atoms with Gasteiger partial charge in [-0.05, 0) is 37.6 Å². The van der Waals surface area contributed by atoms with Crippen molar-refractivity contribution >= 4 is 18.2 Å². The zero-order chi connectivity index (χ0) is 25.4. The summed E-state index contributed by atoms with van der Waals surface area (Å²) in [6, 6.07) is 5.21. The third kappa shape index (κ3) is 4.24. The van der Waals surface area contributed by atoms with Gasteiger partial charge in [0, 0.05) is 50.1 Å². The molecule has 2 aromatic heterocycles.